The molecule has 1 aromatic rings. The van der Waals surface area contributed by atoms with Crippen molar-refractivity contribution in [3.63, 3.8) is 0 Å². The molecule has 0 aromatic heterocycles. The number of hydrogen-bond donors (Lipinski definition) is 0. The molecule has 0 N–H and O–H groups in total. The van der Waals surface area contributed by atoms with Crippen LogP contribution in [0.25, 0.3) is 5.57 Å². The quantitative estimate of drug-likeness (QED) is 0.483. The number of halogens is 1. The summed E-state index contributed by atoms with van der Waals surface area (Å²) >= 11 is 3.44. The first-order valence-corrected chi connectivity index (χ1v) is 6.63. The van der Waals surface area contributed by atoms with E-state index in [2.05, 4.69) is 15.9 Å². The zero-order valence-corrected chi connectivity index (χ0v) is 12.3. The molecule has 19 heavy (non-hydrogen) atoms. The maximum absolute atomic E-state index is 11.3. The van der Waals surface area contributed by atoms with Crippen molar-refractivity contribution in [1.82, 2.24) is 0 Å². The predicted octanol–water partition coefficient (Wildman–Crippen LogP) is 3.76. The molecule has 0 radical (unpaired) electrons. The van der Waals surface area contributed by atoms with Crippen LogP contribution in [0.4, 0.5) is 0 Å². The van der Waals surface area contributed by atoms with Gasteiger partial charge in [0.25, 0.3) is 5.70 Å². The van der Waals surface area contributed by atoms with Gasteiger partial charge in [-0.3, -0.25) is 10.1 Å². The van der Waals surface area contributed by atoms with Crippen LogP contribution < -0.4 is 0 Å². The van der Waals surface area contributed by atoms with Gasteiger partial charge in [0, 0.05) is 7.11 Å². The molecule has 0 saturated heterocycles. The van der Waals surface area contributed by atoms with Gasteiger partial charge in [-0.05, 0) is 40.1 Å². The summed E-state index contributed by atoms with van der Waals surface area (Å²) in [6.45, 7) is 1.90. The van der Waals surface area contributed by atoms with Crippen LogP contribution in [-0.2, 0) is 4.74 Å². The molecule has 5 heteroatoms. The third kappa shape index (κ3) is 2.62. The van der Waals surface area contributed by atoms with E-state index >= 15 is 0 Å². The number of ether oxygens (including phenoxy) is 1. The minimum atomic E-state index is -0.784. The molecule has 4 nitrogen and oxygen atoms in total. The van der Waals surface area contributed by atoms with Crippen LogP contribution in [0, 0.1) is 10.1 Å². The van der Waals surface area contributed by atoms with Crippen molar-refractivity contribution in [2.75, 3.05) is 7.11 Å². The number of allylic oxidation sites excluding steroid dienone is 2. The molecule has 2 rings (SSSR count). The molecule has 0 amide bonds. The number of nitro groups is 1. The molecule has 1 atom stereocenters. The van der Waals surface area contributed by atoms with E-state index in [4.69, 9.17) is 4.74 Å². The van der Waals surface area contributed by atoms with Gasteiger partial charge in [-0.2, -0.15) is 0 Å². The van der Waals surface area contributed by atoms with E-state index in [-0.39, 0.29) is 17.0 Å². The van der Waals surface area contributed by atoms with Crippen molar-refractivity contribution in [2.24, 2.45) is 0 Å². The monoisotopic (exact) mass is 323 g/mol. The topological polar surface area (TPSA) is 52.4 Å². The van der Waals surface area contributed by atoms with Crippen molar-refractivity contribution < 1.29 is 9.66 Å². The summed E-state index contributed by atoms with van der Waals surface area (Å²) in [6, 6.07) is 9.37. The summed E-state index contributed by atoms with van der Waals surface area (Å²) in [4.78, 5) is 11.0. The first kappa shape index (κ1) is 14.0. The highest BCUT2D eigenvalue weighted by atomic mass is 79.9. The second-order valence-corrected chi connectivity index (χ2v) is 5.70. The molecule has 1 unspecified atom stereocenters. The highest BCUT2D eigenvalue weighted by Crippen LogP contribution is 2.42. The Hall–Kier alpha value is -1.46. The lowest BCUT2D eigenvalue weighted by atomic mass is 9.91. The maximum atomic E-state index is 11.3. The molecule has 0 spiro atoms. The van der Waals surface area contributed by atoms with E-state index in [1.807, 2.05) is 43.3 Å². The molecule has 0 heterocycles. The van der Waals surface area contributed by atoms with Crippen molar-refractivity contribution in [2.45, 2.75) is 17.9 Å². The average Bonchev–Trinajstić information content (AvgIpc) is 2.42. The number of methoxy groups -OCH3 is 1. The fraction of sp³-hybridized carbons (Fsp3) is 0.286. The van der Waals surface area contributed by atoms with E-state index in [1.165, 1.54) is 7.11 Å². The number of rotatable bonds is 3. The van der Waals surface area contributed by atoms with Crippen LogP contribution >= 0.6 is 15.9 Å². The summed E-state index contributed by atoms with van der Waals surface area (Å²) in [5, 5.41) is 11.3. The Morgan fingerprint density at radius 1 is 1.37 bits per heavy atom. The molecule has 1 aliphatic carbocycles. The first-order valence-electron chi connectivity index (χ1n) is 5.84. The highest BCUT2D eigenvalue weighted by Gasteiger charge is 2.39. The van der Waals surface area contributed by atoms with Crippen molar-refractivity contribution in [3.8, 4) is 0 Å². The van der Waals surface area contributed by atoms with E-state index in [0.717, 1.165) is 11.1 Å². The van der Waals surface area contributed by atoms with Gasteiger partial charge in [0.1, 0.15) is 0 Å². The maximum Gasteiger partial charge on any atom is 0.258 e. The summed E-state index contributed by atoms with van der Waals surface area (Å²) in [7, 11) is 1.54. The molecule has 0 saturated carbocycles. The van der Waals surface area contributed by atoms with Crippen LogP contribution in [0.2, 0.25) is 0 Å². The molecular formula is C14H14BrNO3. The Morgan fingerprint density at radius 2 is 2.00 bits per heavy atom. The van der Waals surface area contributed by atoms with Gasteiger partial charge in [-0.1, -0.05) is 30.3 Å². The minimum absolute atomic E-state index is 0.163. The van der Waals surface area contributed by atoms with Crippen molar-refractivity contribution in [1.29, 1.82) is 0 Å². The van der Waals surface area contributed by atoms with E-state index in [1.54, 1.807) is 0 Å². The number of hydrogen-bond acceptors (Lipinski definition) is 3. The summed E-state index contributed by atoms with van der Waals surface area (Å²) in [5.74, 6) is 0. The lowest BCUT2D eigenvalue weighted by molar-refractivity contribution is -0.428. The molecule has 0 bridgehead atoms. The summed E-state index contributed by atoms with van der Waals surface area (Å²) in [6.07, 6.45) is 2.01. The average molecular weight is 324 g/mol. The molecule has 0 aliphatic heterocycles. The lowest BCUT2D eigenvalue weighted by Crippen LogP contribution is -2.30. The van der Waals surface area contributed by atoms with Crippen LogP contribution in [0.15, 0.2) is 47.7 Å². The fourth-order valence-corrected chi connectivity index (χ4v) is 2.50. The van der Waals surface area contributed by atoms with Gasteiger partial charge in [0.2, 0.25) is 0 Å². The first-order chi connectivity index (χ1) is 8.98. The van der Waals surface area contributed by atoms with Crippen LogP contribution in [-0.4, -0.2) is 16.5 Å². The van der Waals surface area contributed by atoms with E-state index in [0.29, 0.717) is 5.57 Å². The number of alkyl halides is 1. The third-order valence-corrected chi connectivity index (χ3v) is 4.51. The standard InChI is InChI=1S/C14H14BrNO3/c1-10-8-12(11-6-4-3-5-7-11)13(16(17)18)9-14(10,15)19-2/h3-8H,9H2,1-2H3. The third-order valence-electron chi connectivity index (χ3n) is 3.28. The zero-order valence-electron chi connectivity index (χ0n) is 10.7. The molecule has 100 valence electrons. The van der Waals surface area contributed by atoms with Gasteiger partial charge < -0.3 is 4.74 Å². The Morgan fingerprint density at radius 3 is 2.53 bits per heavy atom. The smallest absolute Gasteiger partial charge is 0.258 e. The zero-order chi connectivity index (χ0) is 14.0. The van der Waals surface area contributed by atoms with Gasteiger partial charge >= 0.3 is 0 Å². The molecule has 1 aromatic carbocycles. The van der Waals surface area contributed by atoms with E-state index in [9.17, 15) is 10.1 Å². The largest absolute Gasteiger partial charge is 0.362 e. The van der Waals surface area contributed by atoms with Gasteiger partial charge in [0.05, 0.1) is 16.9 Å². The summed E-state index contributed by atoms with van der Waals surface area (Å²) in [5.41, 5.74) is 2.57. The van der Waals surface area contributed by atoms with Crippen molar-refractivity contribution in [3.05, 3.63) is 63.4 Å². The van der Waals surface area contributed by atoms with Crippen LogP contribution in [0.5, 0.6) is 0 Å². The molecule has 1 aliphatic rings. The SMILES string of the molecule is COC1(Br)CC([N+](=O)[O-])=C(c2ccccc2)C=C1C. The predicted molar refractivity (Wildman–Crippen MR) is 77.4 cm³/mol. The minimum Gasteiger partial charge on any atom is -0.362 e. The fourth-order valence-electron chi connectivity index (χ4n) is 2.12. The lowest BCUT2D eigenvalue weighted by Gasteiger charge is -2.29. The Labute approximate surface area is 120 Å². The molecular weight excluding hydrogens is 310 g/mol. The van der Waals surface area contributed by atoms with Crippen molar-refractivity contribution >= 4 is 21.5 Å². The second-order valence-electron chi connectivity index (χ2n) is 4.42. The van der Waals surface area contributed by atoms with Gasteiger partial charge in [-0.15, -0.1) is 0 Å². The normalized spacial score (nSPS) is 23.2. The summed E-state index contributed by atoms with van der Waals surface area (Å²) < 4.78 is 4.58. The number of benzene rings is 1. The Balaban J connectivity index is 2.57. The van der Waals surface area contributed by atoms with Gasteiger partial charge in [0.15, 0.2) is 4.51 Å². The Kier molecular flexibility index (Phi) is 3.87. The second kappa shape index (κ2) is 5.27. The number of nitrogens with zero attached hydrogens (tertiary/aromatic N) is 1. The Bertz CT molecular complexity index is 565. The van der Waals surface area contributed by atoms with Crippen LogP contribution in [0.1, 0.15) is 18.9 Å². The van der Waals surface area contributed by atoms with Gasteiger partial charge in [-0.25, -0.2) is 0 Å². The van der Waals surface area contributed by atoms with Crippen LogP contribution in [0.3, 0.4) is 0 Å². The highest BCUT2D eigenvalue weighted by molar-refractivity contribution is 9.10. The molecule has 0 fully saturated rings. The van der Waals surface area contributed by atoms with E-state index < -0.39 is 4.51 Å².